The monoisotopic (exact) mass is 488 g/mol. The van der Waals surface area contributed by atoms with E-state index in [0.717, 1.165) is 28.3 Å². The van der Waals surface area contributed by atoms with Crippen molar-refractivity contribution in [3.63, 3.8) is 0 Å². The van der Waals surface area contributed by atoms with Crippen LogP contribution in [0.15, 0.2) is 49.3 Å². The molecule has 0 radical (unpaired) electrons. The second-order valence-electron chi connectivity index (χ2n) is 8.29. The number of carbonyl (C=O) groups excluding carboxylic acids is 2. The number of fused-ring (bicyclic) bond motifs is 1. The summed E-state index contributed by atoms with van der Waals surface area (Å²) in [7, 11) is 0. The zero-order valence-corrected chi connectivity index (χ0v) is 20.0. The van der Waals surface area contributed by atoms with Crippen LogP contribution in [0.4, 0.5) is 11.6 Å². The van der Waals surface area contributed by atoms with Gasteiger partial charge in [0.05, 0.1) is 26.9 Å². The van der Waals surface area contributed by atoms with Gasteiger partial charge in [-0.2, -0.15) is 5.10 Å². The van der Waals surface area contributed by atoms with Gasteiger partial charge in [0.2, 0.25) is 11.8 Å². The van der Waals surface area contributed by atoms with E-state index in [1.54, 1.807) is 11.0 Å². The summed E-state index contributed by atoms with van der Waals surface area (Å²) in [6.07, 6.45) is 4.52. The van der Waals surface area contributed by atoms with Crippen molar-refractivity contribution >= 4 is 45.8 Å². The Morgan fingerprint density at radius 3 is 2.86 bits per heavy atom. The molecule has 0 saturated carbocycles. The maximum atomic E-state index is 12.2. The fourth-order valence-corrected chi connectivity index (χ4v) is 5.30. The van der Waals surface area contributed by atoms with Gasteiger partial charge in [-0.3, -0.25) is 9.59 Å². The van der Waals surface area contributed by atoms with Gasteiger partial charge >= 0.3 is 0 Å². The van der Waals surface area contributed by atoms with Gasteiger partial charge in [0, 0.05) is 20.0 Å². The Morgan fingerprint density at radius 1 is 1.23 bits per heavy atom. The Kier molecular flexibility index (Phi) is 6.00. The van der Waals surface area contributed by atoms with Crippen LogP contribution in [0.3, 0.4) is 0 Å². The van der Waals surface area contributed by atoms with E-state index in [9.17, 15) is 9.59 Å². The number of nitrogen functional groups attached to an aromatic ring is 1. The quantitative estimate of drug-likeness (QED) is 0.411. The molecule has 1 aliphatic heterocycles. The fraction of sp³-hybridized carbons (Fsp3) is 0.250. The van der Waals surface area contributed by atoms with Gasteiger partial charge in [0.25, 0.3) is 0 Å². The van der Waals surface area contributed by atoms with Crippen LogP contribution in [0.25, 0.3) is 32.2 Å². The first-order valence-corrected chi connectivity index (χ1v) is 12.0. The molecule has 1 aliphatic rings. The normalized spacial score (nSPS) is 15.8. The Balaban J connectivity index is 1.54. The highest BCUT2D eigenvalue weighted by molar-refractivity contribution is 7.18. The predicted octanol–water partition coefficient (Wildman–Crippen LogP) is 3.51. The molecule has 1 fully saturated rings. The Labute approximate surface area is 205 Å². The smallest absolute Gasteiger partial charge is 0.246 e. The third-order valence-corrected chi connectivity index (χ3v) is 7.01. The largest absolute Gasteiger partial charge is 0.383 e. The minimum absolute atomic E-state index is 0.0337. The van der Waals surface area contributed by atoms with Crippen LogP contribution >= 0.6 is 11.3 Å². The number of carbonyl (C=O) groups is 2. The Hall–Kier alpha value is -4.12. The molecule has 178 valence electrons. The first-order valence-electron chi connectivity index (χ1n) is 11.2. The third-order valence-electron chi connectivity index (χ3n) is 5.89. The van der Waals surface area contributed by atoms with E-state index in [4.69, 9.17) is 10.8 Å². The average Bonchev–Trinajstić information content (AvgIpc) is 3.49. The number of thiophene rings is 1. The summed E-state index contributed by atoms with van der Waals surface area (Å²) in [6, 6.07) is 9.39. The van der Waals surface area contributed by atoms with Crippen molar-refractivity contribution < 1.29 is 9.59 Å². The lowest BCUT2D eigenvalue weighted by Gasteiger charge is -2.32. The number of rotatable bonds is 5. The minimum Gasteiger partial charge on any atom is -0.383 e. The number of nitrogens with one attached hydrogen (secondary N) is 1. The van der Waals surface area contributed by atoms with E-state index >= 15 is 0 Å². The minimum atomic E-state index is -0.176. The van der Waals surface area contributed by atoms with E-state index in [2.05, 4.69) is 26.8 Å². The molecule has 0 bridgehead atoms. The van der Waals surface area contributed by atoms with E-state index in [-0.39, 0.29) is 17.9 Å². The molecule has 5 rings (SSSR count). The number of pyridine rings is 1. The maximum Gasteiger partial charge on any atom is 0.246 e. The van der Waals surface area contributed by atoms with E-state index in [0.29, 0.717) is 41.5 Å². The van der Waals surface area contributed by atoms with Gasteiger partial charge in [-0.05, 0) is 43.2 Å². The van der Waals surface area contributed by atoms with Crippen molar-refractivity contribution in [1.29, 1.82) is 0 Å². The second kappa shape index (κ2) is 9.26. The van der Waals surface area contributed by atoms with Gasteiger partial charge in [-0.15, -0.1) is 11.3 Å². The first-order chi connectivity index (χ1) is 16.9. The lowest BCUT2D eigenvalue weighted by atomic mass is 10.1. The molecule has 4 aromatic heterocycles. The molecule has 0 aromatic carbocycles. The van der Waals surface area contributed by atoms with Gasteiger partial charge in [-0.25, -0.2) is 19.6 Å². The van der Waals surface area contributed by atoms with Gasteiger partial charge in [0.1, 0.15) is 23.7 Å². The molecular formula is C24H24N8O2S. The third kappa shape index (κ3) is 4.37. The van der Waals surface area contributed by atoms with Gasteiger partial charge in [-0.1, -0.05) is 12.6 Å². The van der Waals surface area contributed by atoms with Crippen LogP contribution in [0.1, 0.15) is 25.8 Å². The summed E-state index contributed by atoms with van der Waals surface area (Å²) in [4.78, 5) is 40.5. The fourth-order valence-electron chi connectivity index (χ4n) is 4.33. The average molecular weight is 489 g/mol. The van der Waals surface area contributed by atoms with Crippen molar-refractivity contribution in [2.75, 3.05) is 24.1 Å². The van der Waals surface area contributed by atoms with E-state index in [1.165, 1.54) is 30.7 Å². The van der Waals surface area contributed by atoms with Crippen molar-refractivity contribution in [2.24, 2.45) is 0 Å². The number of nitrogens with two attached hydrogens (primary N) is 1. The predicted molar refractivity (Wildman–Crippen MR) is 136 cm³/mol. The second-order valence-corrected chi connectivity index (χ2v) is 9.37. The van der Waals surface area contributed by atoms with Crippen molar-refractivity contribution in [1.82, 2.24) is 29.6 Å². The molecule has 4 aromatic rings. The standard InChI is InChI=1S/C24H24N8O2S/c1-3-20(34)31-11-5-6-15(12-31)32-24-21(23(25)26-13-27-24)22(30-32)18-10-9-17(35-18)16-7-4-8-19(29-16)28-14(2)33/h3-4,7-10,13,15H,1,5-6,11-12H2,2H3,(H2,25,26,27)(H,28,29,33). The highest BCUT2D eigenvalue weighted by Crippen LogP contribution is 2.39. The SMILES string of the molecule is C=CC(=O)N1CCCC(n2nc(-c3ccc(-c4cccc(NC(C)=O)n4)s3)c3c(N)ncnc32)C1. The van der Waals surface area contributed by atoms with Crippen molar-refractivity contribution in [2.45, 2.75) is 25.8 Å². The van der Waals surface area contributed by atoms with E-state index in [1.807, 2.05) is 28.9 Å². The summed E-state index contributed by atoms with van der Waals surface area (Å²) in [5, 5.41) is 8.33. The molecule has 11 heteroatoms. The molecule has 1 unspecified atom stereocenters. The number of hydrogen-bond donors (Lipinski definition) is 2. The molecule has 2 amide bonds. The van der Waals surface area contributed by atoms with E-state index < -0.39 is 0 Å². The Morgan fingerprint density at radius 2 is 2.06 bits per heavy atom. The number of nitrogens with zero attached hydrogens (tertiary/aromatic N) is 6. The maximum absolute atomic E-state index is 12.2. The van der Waals surface area contributed by atoms with Crippen LogP contribution in [-0.4, -0.2) is 54.5 Å². The lowest BCUT2D eigenvalue weighted by Crippen LogP contribution is -2.40. The zero-order chi connectivity index (χ0) is 24.5. The Bertz CT molecular complexity index is 1440. The number of hydrogen-bond acceptors (Lipinski definition) is 8. The molecule has 10 nitrogen and oxygen atoms in total. The number of likely N-dealkylation sites (tertiary alicyclic amines) is 1. The summed E-state index contributed by atoms with van der Waals surface area (Å²) < 4.78 is 1.88. The number of aromatic nitrogens is 5. The van der Waals surface area contributed by atoms with Crippen LogP contribution in [0.2, 0.25) is 0 Å². The molecule has 0 aliphatic carbocycles. The summed E-state index contributed by atoms with van der Waals surface area (Å²) in [5.74, 6) is 0.586. The number of piperidine rings is 1. The zero-order valence-electron chi connectivity index (χ0n) is 19.1. The highest BCUT2D eigenvalue weighted by atomic mass is 32.1. The molecule has 3 N–H and O–H groups in total. The summed E-state index contributed by atoms with van der Waals surface area (Å²) in [6.45, 7) is 6.29. The van der Waals surface area contributed by atoms with Crippen LogP contribution < -0.4 is 11.1 Å². The van der Waals surface area contributed by atoms with Crippen molar-refractivity contribution in [3.05, 3.63) is 49.3 Å². The molecule has 1 atom stereocenters. The first kappa shape index (κ1) is 22.7. The summed E-state index contributed by atoms with van der Waals surface area (Å²) >= 11 is 1.52. The highest BCUT2D eigenvalue weighted by Gasteiger charge is 2.28. The summed E-state index contributed by atoms with van der Waals surface area (Å²) in [5.41, 5.74) is 8.37. The van der Waals surface area contributed by atoms with Gasteiger partial charge < -0.3 is 16.0 Å². The molecule has 35 heavy (non-hydrogen) atoms. The number of amides is 2. The van der Waals surface area contributed by atoms with Crippen LogP contribution in [-0.2, 0) is 9.59 Å². The van der Waals surface area contributed by atoms with Crippen LogP contribution in [0.5, 0.6) is 0 Å². The number of anilines is 2. The molecular weight excluding hydrogens is 464 g/mol. The van der Waals surface area contributed by atoms with Gasteiger partial charge in [0.15, 0.2) is 5.65 Å². The van der Waals surface area contributed by atoms with Crippen molar-refractivity contribution in [3.8, 4) is 21.1 Å². The lowest BCUT2D eigenvalue weighted by molar-refractivity contribution is -0.127. The molecule has 5 heterocycles. The molecule has 1 saturated heterocycles. The van der Waals surface area contributed by atoms with Crippen LogP contribution in [0, 0.1) is 0 Å². The molecule has 0 spiro atoms. The topological polar surface area (TPSA) is 132 Å².